The standard InChI is InChI=1S/C14H18N4O2/c1-8-6-11(12-10(3)17-20-13(12)16-8)14(19)18-5-4-15-9(2)7-18/h6,9,15H,4-5,7H2,1-3H3. The number of aromatic nitrogens is 2. The van der Waals surface area contributed by atoms with E-state index in [1.54, 1.807) is 0 Å². The highest BCUT2D eigenvalue weighted by atomic mass is 16.5. The summed E-state index contributed by atoms with van der Waals surface area (Å²) in [5.74, 6) is 0.0279. The zero-order valence-corrected chi connectivity index (χ0v) is 11.9. The lowest BCUT2D eigenvalue weighted by Crippen LogP contribution is -2.51. The minimum atomic E-state index is 0.0279. The number of hydrogen-bond donors (Lipinski definition) is 1. The Morgan fingerprint density at radius 3 is 3.05 bits per heavy atom. The second-order valence-corrected chi connectivity index (χ2v) is 5.37. The minimum Gasteiger partial charge on any atom is -0.336 e. The summed E-state index contributed by atoms with van der Waals surface area (Å²) in [6.07, 6.45) is 0. The molecular formula is C14H18N4O2. The van der Waals surface area contributed by atoms with Crippen LogP contribution in [0.3, 0.4) is 0 Å². The summed E-state index contributed by atoms with van der Waals surface area (Å²) in [6, 6.07) is 2.14. The van der Waals surface area contributed by atoms with Gasteiger partial charge in [0.1, 0.15) is 0 Å². The lowest BCUT2D eigenvalue weighted by molar-refractivity contribution is 0.0711. The molecule has 20 heavy (non-hydrogen) atoms. The second-order valence-electron chi connectivity index (χ2n) is 5.37. The van der Waals surface area contributed by atoms with Crippen molar-refractivity contribution in [1.82, 2.24) is 20.4 Å². The zero-order chi connectivity index (χ0) is 14.3. The number of fused-ring (bicyclic) bond motifs is 1. The minimum absolute atomic E-state index is 0.0279. The van der Waals surface area contributed by atoms with Crippen molar-refractivity contribution < 1.29 is 9.32 Å². The molecule has 2 aromatic heterocycles. The zero-order valence-electron chi connectivity index (χ0n) is 11.9. The van der Waals surface area contributed by atoms with Crippen LogP contribution in [0.25, 0.3) is 11.1 Å². The monoisotopic (exact) mass is 274 g/mol. The van der Waals surface area contributed by atoms with Gasteiger partial charge in [-0.05, 0) is 26.8 Å². The van der Waals surface area contributed by atoms with Gasteiger partial charge in [0.2, 0.25) is 0 Å². The van der Waals surface area contributed by atoms with Crippen LogP contribution in [-0.4, -0.2) is 46.6 Å². The molecule has 0 saturated carbocycles. The van der Waals surface area contributed by atoms with Crippen LogP contribution in [0.4, 0.5) is 0 Å². The first-order valence-corrected chi connectivity index (χ1v) is 6.82. The average molecular weight is 274 g/mol. The fourth-order valence-electron chi connectivity index (χ4n) is 2.67. The van der Waals surface area contributed by atoms with E-state index in [9.17, 15) is 4.79 Å². The number of rotatable bonds is 1. The van der Waals surface area contributed by atoms with E-state index in [0.29, 0.717) is 29.6 Å². The third kappa shape index (κ3) is 2.16. The summed E-state index contributed by atoms with van der Waals surface area (Å²) >= 11 is 0. The quantitative estimate of drug-likeness (QED) is 0.848. The maximum Gasteiger partial charge on any atom is 0.258 e. The summed E-state index contributed by atoms with van der Waals surface area (Å²) < 4.78 is 5.18. The van der Waals surface area contributed by atoms with Gasteiger partial charge in [-0.2, -0.15) is 0 Å². The molecule has 0 bridgehead atoms. The van der Waals surface area contributed by atoms with Gasteiger partial charge in [0, 0.05) is 31.4 Å². The highest BCUT2D eigenvalue weighted by Crippen LogP contribution is 2.23. The molecule has 1 amide bonds. The van der Waals surface area contributed by atoms with Gasteiger partial charge in [-0.3, -0.25) is 4.79 Å². The van der Waals surface area contributed by atoms with Crippen LogP contribution in [-0.2, 0) is 0 Å². The summed E-state index contributed by atoms with van der Waals surface area (Å²) in [6.45, 7) is 8.02. The van der Waals surface area contributed by atoms with Crippen molar-refractivity contribution in [3.05, 3.63) is 23.0 Å². The normalized spacial score (nSPS) is 19.6. The van der Waals surface area contributed by atoms with Crippen molar-refractivity contribution in [2.45, 2.75) is 26.8 Å². The number of nitrogens with one attached hydrogen (secondary N) is 1. The molecule has 0 aromatic carbocycles. The first-order chi connectivity index (χ1) is 9.56. The first-order valence-electron chi connectivity index (χ1n) is 6.82. The Bertz CT molecular complexity index is 664. The van der Waals surface area contributed by atoms with Gasteiger partial charge in [0.15, 0.2) is 0 Å². The molecule has 6 heteroatoms. The Labute approximate surface area is 117 Å². The van der Waals surface area contributed by atoms with Gasteiger partial charge in [0.25, 0.3) is 11.6 Å². The van der Waals surface area contributed by atoms with Crippen LogP contribution >= 0.6 is 0 Å². The van der Waals surface area contributed by atoms with Crippen molar-refractivity contribution in [2.75, 3.05) is 19.6 Å². The van der Waals surface area contributed by atoms with Crippen molar-refractivity contribution >= 4 is 17.0 Å². The molecule has 1 fully saturated rings. The number of piperazine rings is 1. The molecule has 1 atom stereocenters. The maximum absolute atomic E-state index is 12.8. The van der Waals surface area contributed by atoms with E-state index in [-0.39, 0.29) is 5.91 Å². The van der Waals surface area contributed by atoms with Gasteiger partial charge in [0.05, 0.1) is 16.6 Å². The number of nitrogens with zero attached hydrogens (tertiary/aromatic N) is 3. The van der Waals surface area contributed by atoms with Gasteiger partial charge in [-0.15, -0.1) is 0 Å². The van der Waals surface area contributed by atoms with Crippen molar-refractivity contribution in [2.24, 2.45) is 0 Å². The van der Waals surface area contributed by atoms with Crippen molar-refractivity contribution in [3.8, 4) is 0 Å². The average Bonchev–Trinajstić information content (AvgIpc) is 2.78. The Balaban J connectivity index is 2.04. The smallest absolute Gasteiger partial charge is 0.258 e. The number of carbonyl (C=O) groups is 1. The highest BCUT2D eigenvalue weighted by molar-refractivity contribution is 6.06. The highest BCUT2D eigenvalue weighted by Gasteiger charge is 2.25. The van der Waals surface area contributed by atoms with Gasteiger partial charge in [-0.1, -0.05) is 5.16 Å². The molecule has 6 nitrogen and oxygen atoms in total. The van der Waals surface area contributed by atoms with Gasteiger partial charge < -0.3 is 14.7 Å². The Hall–Kier alpha value is -1.95. The van der Waals surface area contributed by atoms with Crippen molar-refractivity contribution in [3.63, 3.8) is 0 Å². The Morgan fingerprint density at radius 2 is 2.30 bits per heavy atom. The van der Waals surface area contributed by atoms with Crippen LogP contribution in [0, 0.1) is 13.8 Å². The predicted molar refractivity (Wildman–Crippen MR) is 74.6 cm³/mol. The summed E-state index contributed by atoms with van der Waals surface area (Å²) in [5, 5.41) is 7.98. The topological polar surface area (TPSA) is 71.3 Å². The predicted octanol–water partition coefficient (Wildman–Crippen LogP) is 1.27. The maximum atomic E-state index is 12.8. The Kier molecular flexibility index (Phi) is 3.17. The molecule has 106 valence electrons. The van der Waals surface area contributed by atoms with E-state index in [4.69, 9.17) is 4.52 Å². The summed E-state index contributed by atoms with van der Waals surface area (Å²) in [7, 11) is 0. The van der Waals surface area contributed by atoms with E-state index < -0.39 is 0 Å². The molecule has 0 radical (unpaired) electrons. The third-order valence-corrected chi connectivity index (χ3v) is 3.63. The fourth-order valence-corrected chi connectivity index (χ4v) is 2.67. The van der Waals surface area contributed by atoms with Crippen LogP contribution in [0.2, 0.25) is 0 Å². The van der Waals surface area contributed by atoms with E-state index >= 15 is 0 Å². The molecule has 1 aliphatic heterocycles. The molecule has 1 aliphatic rings. The number of pyridine rings is 1. The largest absolute Gasteiger partial charge is 0.336 e. The molecule has 2 aromatic rings. The van der Waals surface area contributed by atoms with Crippen LogP contribution < -0.4 is 5.32 Å². The first kappa shape index (κ1) is 13.1. The summed E-state index contributed by atoms with van der Waals surface area (Å²) in [4.78, 5) is 18.9. The van der Waals surface area contributed by atoms with Crippen LogP contribution in [0.5, 0.6) is 0 Å². The molecule has 1 saturated heterocycles. The van der Waals surface area contributed by atoms with Crippen LogP contribution in [0.1, 0.15) is 28.7 Å². The number of carbonyl (C=O) groups excluding carboxylic acids is 1. The molecule has 1 unspecified atom stereocenters. The van der Waals surface area contributed by atoms with Crippen LogP contribution in [0.15, 0.2) is 10.6 Å². The summed E-state index contributed by atoms with van der Waals surface area (Å²) in [5.41, 5.74) is 2.55. The molecule has 0 aliphatic carbocycles. The Morgan fingerprint density at radius 1 is 1.50 bits per heavy atom. The molecular weight excluding hydrogens is 256 g/mol. The van der Waals surface area contributed by atoms with Crippen molar-refractivity contribution in [1.29, 1.82) is 0 Å². The number of amides is 1. The molecule has 1 N–H and O–H groups in total. The second kappa shape index (κ2) is 4.86. The fraction of sp³-hybridized carbons (Fsp3) is 0.500. The lowest BCUT2D eigenvalue weighted by atomic mass is 10.1. The van der Waals surface area contributed by atoms with E-state index in [0.717, 1.165) is 24.2 Å². The molecule has 0 spiro atoms. The van der Waals surface area contributed by atoms with Gasteiger partial charge >= 0.3 is 0 Å². The van der Waals surface area contributed by atoms with Gasteiger partial charge in [-0.25, -0.2) is 4.98 Å². The molecule has 3 rings (SSSR count). The number of hydrogen-bond acceptors (Lipinski definition) is 5. The molecule has 3 heterocycles. The lowest BCUT2D eigenvalue weighted by Gasteiger charge is -2.32. The van der Waals surface area contributed by atoms with E-state index in [2.05, 4.69) is 22.4 Å². The number of aryl methyl sites for hydroxylation is 2. The van der Waals surface area contributed by atoms with E-state index in [1.807, 2.05) is 24.8 Å². The third-order valence-electron chi connectivity index (χ3n) is 3.63. The van der Waals surface area contributed by atoms with E-state index in [1.165, 1.54) is 0 Å². The SMILES string of the molecule is Cc1cc(C(=O)N2CCNC(C)C2)c2c(C)noc2n1.